The molecule has 1 fully saturated rings. The van der Waals surface area contributed by atoms with E-state index < -0.39 is 0 Å². The lowest BCUT2D eigenvalue weighted by Gasteiger charge is -2.41. The predicted molar refractivity (Wildman–Crippen MR) is 105 cm³/mol. The van der Waals surface area contributed by atoms with Gasteiger partial charge in [0.05, 0.1) is 11.4 Å². The second-order valence-corrected chi connectivity index (χ2v) is 7.65. The topological polar surface area (TPSA) is 61.4 Å². The number of amides is 2. The average molecular weight is 414 g/mol. The lowest BCUT2D eigenvalue weighted by atomic mass is 9.97. The zero-order valence-corrected chi connectivity index (χ0v) is 15.9. The molecule has 0 unspecified atom stereocenters. The molecular weight excluding hydrogens is 394 g/mol. The standard InChI is InChI=1S/C20H20BrN3O2/c21-15-5-3-4-13(10-15)12-22-19(25)14-7-8-17-16(11-14)23-20(26)18-6-1-2-9-24(17)18/h3-5,7-8,10-11,18H,1-2,6,9,12H2,(H,22,25)(H,23,26)/t18-/m0/s1. The Balaban J connectivity index is 1.51. The molecule has 0 aliphatic carbocycles. The normalized spacial score (nSPS) is 18.6. The summed E-state index contributed by atoms with van der Waals surface area (Å²) in [7, 11) is 0. The second kappa shape index (κ2) is 7.11. The van der Waals surface area contributed by atoms with Crippen molar-refractivity contribution in [3.63, 3.8) is 0 Å². The Hall–Kier alpha value is -2.34. The maximum absolute atomic E-state index is 12.5. The Kier molecular flexibility index (Phi) is 4.68. The number of fused-ring (bicyclic) bond motifs is 3. The largest absolute Gasteiger partial charge is 0.358 e. The molecule has 2 N–H and O–H groups in total. The molecule has 0 bridgehead atoms. The van der Waals surface area contributed by atoms with Crippen LogP contribution in [-0.4, -0.2) is 24.4 Å². The number of piperidine rings is 1. The minimum Gasteiger partial charge on any atom is -0.358 e. The number of benzene rings is 2. The zero-order chi connectivity index (χ0) is 18.1. The molecule has 0 aromatic heterocycles. The van der Waals surface area contributed by atoms with Gasteiger partial charge in [0.1, 0.15) is 6.04 Å². The molecule has 2 amide bonds. The molecule has 0 radical (unpaired) electrons. The second-order valence-electron chi connectivity index (χ2n) is 6.74. The molecule has 134 valence electrons. The van der Waals surface area contributed by atoms with Gasteiger partial charge in [-0.2, -0.15) is 0 Å². The fraction of sp³-hybridized carbons (Fsp3) is 0.300. The van der Waals surface area contributed by atoms with Crippen LogP contribution < -0.4 is 15.5 Å². The molecule has 5 nitrogen and oxygen atoms in total. The maximum atomic E-state index is 12.5. The summed E-state index contributed by atoms with van der Waals surface area (Å²) in [6.45, 7) is 1.34. The number of hydrogen-bond donors (Lipinski definition) is 2. The highest BCUT2D eigenvalue weighted by Crippen LogP contribution is 2.36. The SMILES string of the molecule is O=C(NCc1cccc(Br)c1)c1ccc2c(c1)NC(=O)[C@@H]1CCCCN21. The van der Waals surface area contributed by atoms with E-state index in [4.69, 9.17) is 0 Å². The van der Waals surface area contributed by atoms with Crippen molar-refractivity contribution in [2.24, 2.45) is 0 Å². The fourth-order valence-corrected chi connectivity index (χ4v) is 4.11. The summed E-state index contributed by atoms with van der Waals surface area (Å²) in [5.74, 6) is -0.119. The van der Waals surface area contributed by atoms with Crippen LogP contribution in [0.2, 0.25) is 0 Å². The molecule has 0 spiro atoms. The molecule has 6 heteroatoms. The van der Waals surface area contributed by atoms with Crippen LogP contribution in [0, 0.1) is 0 Å². The Labute approximate surface area is 160 Å². The minimum atomic E-state index is -0.150. The summed E-state index contributed by atoms with van der Waals surface area (Å²) in [6.07, 6.45) is 3.07. The molecule has 4 rings (SSSR count). The minimum absolute atomic E-state index is 0.0314. The third-order valence-corrected chi connectivity index (χ3v) is 5.47. The highest BCUT2D eigenvalue weighted by atomic mass is 79.9. The highest BCUT2D eigenvalue weighted by molar-refractivity contribution is 9.10. The molecule has 1 saturated heterocycles. The van der Waals surface area contributed by atoms with Gasteiger partial charge in [0.25, 0.3) is 5.91 Å². The van der Waals surface area contributed by atoms with E-state index >= 15 is 0 Å². The van der Waals surface area contributed by atoms with E-state index in [1.165, 1.54) is 0 Å². The van der Waals surface area contributed by atoms with Gasteiger partial charge in [-0.15, -0.1) is 0 Å². The van der Waals surface area contributed by atoms with Gasteiger partial charge in [0.2, 0.25) is 5.91 Å². The van der Waals surface area contributed by atoms with Crippen LogP contribution in [-0.2, 0) is 11.3 Å². The number of anilines is 2. The summed E-state index contributed by atoms with van der Waals surface area (Å²) < 4.78 is 0.983. The van der Waals surface area contributed by atoms with E-state index in [2.05, 4.69) is 31.5 Å². The van der Waals surface area contributed by atoms with E-state index in [-0.39, 0.29) is 17.9 Å². The Bertz CT molecular complexity index is 868. The van der Waals surface area contributed by atoms with Crippen molar-refractivity contribution >= 4 is 39.1 Å². The summed E-state index contributed by atoms with van der Waals surface area (Å²) in [4.78, 5) is 27.0. The summed E-state index contributed by atoms with van der Waals surface area (Å²) in [5, 5.41) is 5.90. The molecule has 2 aliphatic rings. The third-order valence-electron chi connectivity index (χ3n) is 4.97. The molecule has 0 saturated carbocycles. The van der Waals surface area contributed by atoms with Crippen LogP contribution in [0.15, 0.2) is 46.9 Å². The van der Waals surface area contributed by atoms with Crippen molar-refractivity contribution in [3.8, 4) is 0 Å². The first-order valence-corrected chi connectivity index (χ1v) is 9.65. The summed E-state index contributed by atoms with van der Waals surface area (Å²) in [5.41, 5.74) is 3.31. The Morgan fingerprint density at radius 2 is 2.12 bits per heavy atom. The van der Waals surface area contributed by atoms with Crippen molar-refractivity contribution in [2.45, 2.75) is 31.8 Å². The molecule has 26 heavy (non-hydrogen) atoms. The molecule has 2 aliphatic heterocycles. The lowest BCUT2D eigenvalue weighted by Crippen LogP contribution is -2.50. The van der Waals surface area contributed by atoms with Gasteiger partial charge in [0.15, 0.2) is 0 Å². The number of carbonyl (C=O) groups is 2. The van der Waals surface area contributed by atoms with Gasteiger partial charge < -0.3 is 15.5 Å². The van der Waals surface area contributed by atoms with Crippen molar-refractivity contribution in [1.82, 2.24) is 5.32 Å². The van der Waals surface area contributed by atoms with Crippen LogP contribution in [0.25, 0.3) is 0 Å². The molecular formula is C20H20BrN3O2. The zero-order valence-electron chi connectivity index (χ0n) is 14.3. The van der Waals surface area contributed by atoms with Crippen LogP contribution in [0.4, 0.5) is 11.4 Å². The fourth-order valence-electron chi connectivity index (χ4n) is 3.67. The summed E-state index contributed by atoms with van der Waals surface area (Å²) >= 11 is 3.43. The number of carbonyl (C=O) groups excluding carboxylic acids is 2. The van der Waals surface area contributed by atoms with Crippen LogP contribution in [0.3, 0.4) is 0 Å². The number of nitrogens with zero attached hydrogens (tertiary/aromatic N) is 1. The first-order valence-electron chi connectivity index (χ1n) is 8.86. The van der Waals surface area contributed by atoms with Crippen LogP contribution >= 0.6 is 15.9 Å². The maximum Gasteiger partial charge on any atom is 0.251 e. The number of nitrogens with one attached hydrogen (secondary N) is 2. The number of hydrogen-bond acceptors (Lipinski definition) is 3. The monoisotopic (exact) mass is 413 g/mol. The molecule has 2 aromatic carbocycles. The predicted octanol–water partition coefficient (Wildman–Crippen LogP) is 3.69. The molecule has 1 atom stereocenters. The van der Waals surface area contributed by atoms with Crippen molar-refractivity contribution < 1.29 is 9.59 Å². The molecule has 2 aromatic rings. The van der Waals surface area contributed by atoms with E-state index in [0.29, 0.717) is 12.1 Å². The van der Waals surface area contributed by atoms with Crippen molar-refractivity contribution in [2.75, 3.05) is 16.8 Å². The van der Waals surface area contributed by atoms with Gasteiger partial charge in [-0.25, -0.2) is 0 Å². The van der Waals surface area contributed by atoms with Gasteiger partial charge >= 0.3 is 0 Å². The Morgan fingerprint density at radius 3 is 2.96 bits per heavy atom. The summed E-state index contributed by atoms with van der Waals surface area (Å²) in [6, 6.07) is 13.3. The quantitative estimate of drug-likeness (QED) is 0.806. The van der Waals surface area contributed by atoms with Gasteiger partial charge in [-0.3, -0.25) is 9.59 Å². The van der Waals surface area contributed by atoms with Gasteiger partial charge in [-0.1, -0.05) is 28.1 Å². The average Bonchev–Trinajstić information content (AvgIpc) is 2.66. The van der Waals surface area contributed by atoms with E-state index in [9.17, 15) is 9.59 Å². The van der Waals surface area contributed by atoms with E-state index in [1.54, 1.807) is 6.07 Å². The number of rotatable bonds is 3. The molecule has 2 heterocycles. The third kappa shape index (κ3) is 3.33. The van der Waals surface area contributed by atoms with Crippen molar-refractivity contribution in [3.05, 3.63) is 58.1 Å². The first kappa shape index (κ1) is 17.1. The van der Waals surface area contributed by atoms with Crippen molar-refractivity contribution in [1.29, 1.82) is 0 Å². The Morgan fingerprint density at radius 1 is 1.23 bits per heavy atom. The van der Waals surface area contributed by atoms with Crippen LogP contribution in [0.1, 0.15) is 35.2 Å². The van der Waals surface area contributed by atoms with Gasteiger partial charge in [-0.05, 0) is 55.2 Å². The number of halogens is 1. The lowest BCUT2D eigenvalue weighted by molar-refractivity contribution is -0.118. The highest BCUT2D eigenvalue weighted by Gasteiger charge is 2.34. The van der Waals surface area contributed by atoms with E-state index in [1.807, 2.05) is 36.4 Å². The first-order chi connectivity index (χ1) is 12.6. The smallest absolute Gasteiger partial charge is 0.251 e. The van der Waals surface area contributed by atoms with Crippen LogP contribution in [0.5, 0.6) is 0 Å². The van der Waals surface area contributed by atoms with E-state index in [0.717, 1.165) is 47.2 Å². The van der Waals surface area contributed by atoms with Gasteiger partial charge in [0, 0.05) is 23.1 Å².